The number of aromatic nitrogens is 1. The number of benzene rings is 1. The molecule has 0 radical (unpaired) electrons. The summed E-state index contributed by atoms with van der Waals surface area (Å²) in [5.74, 6) is 0.0784. The van der Waals surface area contributed by atoms with Crippen LogP contribution in [0, 0.1) is 0 Å². The lowest BCUT2D eigenvalue weighted by Crippen LogP contribution is -2.06. The zero-order chi connectivity index (χ0) is 15.5. The highest BCUT2D eigenvalue weighted by molar-refractivity contribution is 6.29. The van der Waals surface area contributed by atoms with Gasteiger partial charge in [0.15, 0.2) is 0 Å². The van der Waals surface area contributed by atoms with Crippen LogP contribution in [0.25, 0.3) is 0 Å². The molecule has 21 heavy (non-hydrogen) atoms. The molecule has 0 aliphatic carbocycles. The average Bonchev–Trinajstić information content (AvgIpc) is 2.40. The summed E-state index contributed by atoms with van der Waals surface area (Å²) in [5.41, 5.74) is -0.271. The Morgan fingerprint density at radius 2 is 1.90 bits per heavy atom. The molecule has 112 valence electrons. The molecule has 1 heterocycles. The summed E-state index contributed by atoms with van der Waals surface area (Å²) in [6.45, 7) is -0.100. The predicted molar refractivity (Wildman–Crippen MR) is 71.6 cm³/mol. The van der Waals surface area contributed by atoms with Crippen molar-refractivity contribution < 1.29 is 23.0 Å². The maximum absolute atomic E-state index is 12.7. The fourth-order valence-corrected chi connectivity index (χ4v) is 1.93. The van der Waals surface area contributed by atoms with E-state index in [1.807, 2.05) is 0 Å². The van der Waals surface area contributed by atoms with Crippen LogP contribution in [-0.2, 0) is 12.6 Å². The first-order valence-corrected chi connectivity index (χ1v) is 6.39. The topological polar surface area (TPSA) is 42.4 Å². The second-order valence-corrected chi connectivity index (χ2v) is 4.59. The second kappa shape index (κ2) is 6.32. The molecule has 0 aliphatic heterocycles. The van der Waals surface area contributed by atoms with Gasteiger partial charge in [0.2, 0.25) is 5.88 Å². The van der Waals surface area contributed by atoms with Crippen molar-refractivity contribution in [1.29, 1.82) is 0 Å². The number of hydrogen-bond acceptors (Lipinski definition) is 3. The third-order valence-corrected chi connectivity index (χ3v) is 2.86. The van der Waals surface area contributed by atoms with Crippen LogP contribution >= 0.6 is 11.6 Å². The normalized spacial score (nSPS) is 11.5. The number of aliphatic hydroxyl groups is 1. The smallest absolute Gasteiger partial charge is 0.416 e. The SMILES string of the molecule is OCCc1ccccc1Oc1cc(C(F)(F)F)cc(Cl)n1. The number of rotatable bonds is 4. The first-order chi connectivity index (χ1) is 9.90. The summed E-state index contributed by atoms with van der Waals surface area (Å²) in [4.78, 5) is 3.72. The fraction of sp³-hybridized carbons (Fsp3) is 0.214. The molecule has 0 unspecified atom stereocenters. The Labute approximate surface area is 124 Å². The molecule has 0 bridgehead atoms. The molecule has 1 N–H and O–H groups in total. The maximum Gasteiger partial charge on any atom is 0.416 e. The number of para-hydroxylation sites is 1. The molecule has 0 amide bonds. The van der Waals surface area contributed by atoms with Crippen LogP contribution in [0.1, 0.15) is 11.1 Å². The van der Waals surface area contributed by atoms with E-state index in [9.17, 15) is 13.2 Å². The average molecular weight is 318 g/mol. The van der Waals surface area contributed by atoms with E-state index in [0.29, 0.717) is 17.7 Å². The molecule has 0 saturated heterocycles. The largest absolute Gasteiger partial charge is 0.439 e. The Morgan fingerprint density at radius 3 is 2.57 bits per heavy atom. The number of ether oxygens (including phenoxy) is 1. The second-order valence-electron chi connectivity index (χ2n) is 4.20. The minimum atomic E-state index is -4.53. The van der Waals surface area contributed by atoms with Gasteiger partial charge in [0.05, 0.1) is 5.56 Å². The van der Waals surface area contributed by atoms with Crippen molar-refractivity contribution in [2.75, 3.05) is 6.61 Å². The van der Waals surface area contributed by atoms with Gasteiger partial charge in [0.1, 0.15) is 10.9 Å². The number of pyridine rings is 1. The lowest BCUT2D eigenvalue weighted by molar-refractivity contribution is -0.137. The van der Waals surface area contributed by atoms with Gasteiger partial charge in [-0.05, 0) is 24.1 Å². The molecular weight excluding hydrogens is 307 g/mol. The van der Waals surface area contributed by atoms with Gasteiger partial charge in [0, 0.05) is 12.7 Å². The highest BCUT2D eigenvalue weighted by atomic mass is 35.5. The Hall–Kier alpha value is -1.79. The third kappa shape index (κ3) is 4.09. The van der Waals surface area contributed by atoms with E-state index in [2.05, 4.69) is 4.98 Å². The van der Waals surface area contributed by atoms with E-state index >= 15 is 0 Å². The quantitative estimate of drug-likeness (QED) is 0.864. The highest BCUT2D eigenvalue weighted by Gasteiger charge is 2.32. The lowest BCUT2D eigenvalue weighted by atomic mass is 10.1. The molecule has 2 rings (SSSR count). The monoisotopic (exact) mass is 317 g/mol. The number of nitrogens with zero attached hydrogens (tertiary/aromatic N) is 1. The fourth-order valence-electron chi connectivity index (χ4n) is 1.73. The first-order valence-electron chi connectivity index (χ1n) is 6.01. The van der Waals surface area contributed by atoms with Crippen LogP contribution in [-0.4, -0.2) is 16.7 Å². The Kier molecular flexibility index (Phi) is 4.69. The van der Waals surface area contributed by atoms with Gasteiger partial charge in [0.25, 0.3) is 0 Å². The summed E-state index contributed by atoms with van der Waals surface area (Å²) < 4.78 is 43.5. The summed E-state index contributed by atoms with van der Waals surface area (Å²) in [7, 11) is 0. The van der Waals surface area contributed by atoms with Crippen molar-refractivity contribution in [1.82, 2.24) is 4.98 Å². The van der Waals surface area contributed by atoms with E-state index in [1.165, 1.54) is 0 Å². The van der Waals surface area contributed by atoms with Crippen molar-refractivity contribution in [2.24, 2.45) is 0 Å². The predicted octanol–water partition coefficient (Wildman–Crippen LogP) is 4.08. The highest BCUT2D eigenvalue weighted by Crippen LogP contribution is 2.34. The molecule has 0 spiro atoms. The number of aliphatic hydroxyl groups excluding tert-OH is 1. The van der Waals surface area contributed by atoms with E-state index in [0.717, 1.165) is 12.1 Å². The van der Waals surface area contributed by atoms with Gasteiger partial charge >= 0.3 is 6.18 Å². The number of halogens is 4. The molecule has 0 fully saturated rings. The van der Waals surface area contributed by atoms with Gasteiger partial charge in [-0.15, -0.1) is 0 Å². The summed E-state index contributed by atoms with van der Waals surface area (Å²) in [5, 5.41) is 8.66. The Morgan fingerprint density at radius 1 is 1.19 bits per heavy atom. The minimum Gasteiger partial charge on any atom is -0.439 e. The van der Waals surface area contributed by atoms with E-state index < -0.39 is 11.7 Å². The maximum atomic E-state index is 12.7. The minimum absolute atomic E-state index is 0.100. The number of hydrogen-bond donors (Lipinski definition) is 1. The summed E-state index contributed by atoms with van der Waals surface area (Å²) >= 11 is 5.59. The van der Waals surface area contributed by atoms with Crippen molar-refractivity contribution in [3.05, 3.63) is 52.7 Å². The molecule has 2 aromatic rings. The Balaban J connectivity index is 2.34. The van der Waals surface area contributed by atoms with Crippen LogP contribution in [0.4, 0.5) is 13.2 Å². The number of alkyl halides is 3. The molecule has 1 aromatic carbocycles. The van der Waals surface area contributed by atoms with Crippen LogP contribution in [0.2, 0.25) is 5.15 Å². The van der Waals surface area contributed by atoms with Crippen molar-refractivity contribution in [3.8, 4) is 11.6 Å². The van der Waals surface area contributed by atoms with Gasteiger partial charge < -0.3 is 9.84 Å². The first kappa shape index (κ1) is 15.6. The van der Waals surface area contributed by atoms with Gasteiger partial charge in [-0.25, -0.2) is 4.98 Å². The molecule has 0 atom stereocenters. The molecule has 3 nitrogen and oxygen atoms in total. The molecule has 1 aromatic heterocycles. The lowest BCUT2D eigenvalue weighted by Gasteiger charge is -2.12. The van der Waals surface area contributed by atoms with Crippen LogP contribution in [0.5, 0.6) is 11.6 Å². The van der Waals surface area contributed by atoms with Crippen molar-refractivity contribution in [3.63, 3.8) is 0 Å². The van der Waals surface area contributed by atoms with Crippen molar-refractivity contribution in [2.45, 2.75) is 12.6 Å². The third-order valence-electron chi connectivity index (χ3n) is 2.67. The summed E-state index contributed by atoms with van der Waals surface area (Å²) in [6, 6.07) is 8.22. The molecular formula is C14H11ClF3NO2. The Bertz CT molecular complexity index is 632. The van der Waals surface area contributed by atoms with E-state index in [1.54, 1.807) is 24.3 Å². The van der Waals surface area contributed by atoms with Gasteiger partial charge in [-0.2, -0.15) is 13.2 Å². The van der Waals surface area contributed by atoms with E-state index in [4.69, 9.17) is 21.4 Å². The standard InChI is InChI=1S/C14H11ClF3NO2/c15-12-7-10(14(16,17)18)8-13(19-12)21-11-4-2-1-3-9(11)5-6-20/h1-4,7-8,20H,5-6H2. The van der Waals surface area contributed by atoms with Crippen LogP contribution in [0.3, 0.4) is 0 Å². The van der Waals surface area contributed by atoms with Crippen LogP contribution in [0.15, 0.2) is 36.4 Å². The molecule has 0 saturated carbocycles. The van der Waals surface area contributed by atoms with E-state index in [-0.39, 0.29) is 17.6 Å². The van der Waals surface area contributed by atoms with Gasteiger partial charge in [-0.3, -0.25) is 0 Å². The molecule has 0 aliphatic rings. The molecule has 7 heteroatoms. The van der Waals surface area contributed by atoms with Gasteiger partial charge in [-0.1, -0.05) is 29.8 Å². The van der Waals surface area contributed by atoms with Crippen LogP contribution < -0.4 is 4.74 Å². The zero-order valence-corrected chi connectivity index (χ0v) is 11.4. The summed E-state index contributed by atoms with van der Waals surface area (Å²) in [6.07, 6.45) is -4.21. The zero-order valence-electron chi connectivity index (χ0n) is 10.7. The van der Waals surface area contributed by atoms with Crippen molar-refractivity contribution >= 4 is 11.6 Å².